The number of carbonyl (C=O) groups is 2. The Hall–Kier alpha value is -1.76. The van der Waals surface area contributed by atoms with Crippen molar-refractivity contribution >= 4 is 23.7 Å². The van der Waals surface area contributed by atoms with Gasteiger partial charge in [0.25, 0.3) is 0 Å². The first-order chi connectivity index (χ1) is 7.82. The van der Waals surface area contributed by atoms with Gasteiger partial charge in [-0.2, -0.15) is 13.2 Å². The van der Waals surface area contributed by atoms with Gasteiger partial charge in [0.1, 0.15) is 0 Å². The van der Waals surface area contributed by atoms with Crippen LogP contribution in [0.4, 0.5) is 13.2 Å². The van der Waals surface area contributed by atoms with Crippen LogP contribution in [0.2, 0.25) is 0 Å². The standard InChI is InChI=1S/C9H5ClF3NO3/c10-14(17-8(16)9(11,12)13)7(15)6-4-2-1-3-5-6/h1-5H. The van der Waals surface area contributed by atoms with E-state index in [9.17, 15) is 22.8 Å². The summed E-state index contributed by atoms with van der Waals surface area (Å²) in [6.45, 7) is 0. The Morgan fingerprint density at radius 1 is 1.18 bits per heavy atom. The number of amides is 1. The van der Waals surface area contributed by atoms with Gasteiger partial charge in [0.2, 0.25) is 0 Å². The van der Waals surface area contributed by atoms with E-state index in [1.807, 2.05) is 0 Å². The van der Waals surface area contributed by atoms with Crippen LogP contribution in [0.25, 0.3) is 0 Å². The van der Waals surface area contributed by atoms with Crippen molar-refractivity contribution in [1.82, 2.24) is 4.58 Å². The monoisotopic (exact) mass is 267 g/mol. The average Bonchev–Trinajstić information content (AvgIpc) is 2.27. The predicted molar refractivity (Wildman–Crippen MR) is 50.6 cm³/mol. The minimum atomic E-state index is -5.22. The van der Waals surface area contributed by atoms with E-state index in [-0.39, 0.29) is 10.1 Å². The first-order valence-electron chi connectivity index (χ1n) is 4.17. The van der Waals surface area contributed by atoms with Crippen molar-refractivity contribution in [3.8, 4) is 0 Å². The molecule has 4 nitrogen and oxygen atoms in total. The molecule has 0 aromatic heterocycles. The third kappa shape index (κ3) is 3.63. The normalized spacial score (nSPS) is 10.8. The highest BCUT2D eigenvalue weighted by atomic mass is 35.5. The topological polar surface area (TPSA) is 46.6 Å². The number of benzene rings is 1. The molecule has 1 amide bonds. The zero-order valence-electron chi connectivity index (χ0n) is 8.07. The largest absolute Gasteiger partial charge is 0.493 e. The Bertz CT molecular complexity index is 421. The zero-order chi connectivity index (χ0) is 13.1. The summed E-state index contributed by atoms with van der Waals surface area (Å²) in [7, 11) is 0. The van der Waals surface area contributed by atoms with Crippen LogP contribution in [0, 0.1) is 0 Å². The Morgan fingerprint density at radius 3 is 2.18 bits per heavy atom. The maximum absolute atomic E-state index is 11.8. The first-order valence-corrected chi connectivity index (χ1v) is 4.50. The van der Waals surface area contributed by atoms with Crippen LogP contribution >= 0.6 is 11.8 Å². The van der Waals surface area contributed by atoms with E-state index < -0.39 is 18.1 Å². The molecule has 0 saturated heterocycles. The van der Waals surface area contributed by atoms with Gasteiger partial charge >= 0.3 is 18.1 Å². The van der Waals surface area contributed by atoms with Gasteiger partial charge in [-0.3, -0.25) is 4.79 Å². The first kappa shape index (κ1) is 13.3. The van der Waals surface area contributed by atoms with Gasteiger partial charge in [-0.1, -0.05) is 22.8 Å². The van der Waals surface area contributed by atoms with Crippen LogP contribution < -0.4 is 0 Å². The van der Waals surface area contributed by atoms with Gasteiger partial charge in [0.15, 0.2) is 0 Å². The lowest BCUT2D eigenvalue weighted by Crippen LogP contribution is -2.33. The number of nitrogens with zero attached hydrogens (tertiary/aromatic N) is 1. The van der Waals surface area contributed by atoms with Crippen LogP contribution in [0.15, 0.2) is 30.3 Å². The van der Waals surface area contributed by atoms with E-state index in [1.54, 1.807) is 6.07 Å². The fourth-order valence-corrected chi connectivity index (χ4v) is 1.01. The molecule has 0 unspecified atom stereocenters. The molecule has 0 aliphatic rings. The van der Waals surface area contributed by atoms with Crippen LogP contribution in [0.5, 0.6) is 0 Å². The number of rotatable bonds is 1. The Kier molecular flexibility index (Phi) is 3.95. The summed E-state index contributed by atoms with van der Waals surface area (Å²) in [6.07, 6.45) is -5.22. The van der Waals surface area contributed by atoms with Crippen LogP contribution in [0.1, 0.15) is 10.4 Å². The molecule has 92 valence electrons. The van der Waals surface area contributed by atoms with Crippen LogP contribution in [-0.4, -0.2) is 22.6 Å². The highest BCUT2D eigenvalue weighted by Crippen LogP contribution is 2.19. The summed E-state index contributed by atoms with van der Waals surface area (Å²) in [5, 5.41) is 0. The molecule has 0 radical (unpaired) electrons. The Labute approximate surface area is 98.6 Å². The van der Waals surface area contributed by atoms with E-state index in [2.05, 4.69) is 4.84 Å². The molecule has 1 aromatic rings. The number of carbonyl (C=O) groups excluding carboxylic acids is 2. The quantitative estimate of drug-likeness (QED) is 0.579. The minimum Gasteiger partial charge on any atom is -0.313 e. The van der Waals surface area contributed by atoms with Crippen molar-refractivity contribution in [3.63, 3.8) is 0 Å². The lowest BCUT2D eigenvalue weighted by Gasteiger charge is -2.13. The molecule has 0 saturated carbocycles. The number of alkyl halides is 3. The number of hydroxylamine groups is 1. The summed E-state index contributed by atoms with van der Waals surface area (Å²) in [6, 6.07) is 7.16. The van der Waals surface area contributed by atoms with E-state index in [0.717, 1.165) is 0 Å². The summed E-state index contributed by atoms with van der Waals surface area (Å²) in [5.74, 6) is -3.65. The molecular weight excluding hydrogens is 263 g/mol. The third-order valence-electron chi connectivity index (χ3n) is 1.57. The van der Waals surface area contributed by atoms with Gasteiger partial charge in [-0.15, -0.1) is 0 Å². The van der Waals surface area contributed by atoms with Gasteiger partial charge in [-0.25, -0.2) is 4.79 Å². The molecule has 0 bridgehead atoms. The molecule has 17 heavy (non-hydrogen) atoms. The second-order valence-corrected chi connectivity index (χ2v) is 3.10. The highest BCUT2D eigenvalue weighted by molar-refractivity contribution is 6.23. The van der Waals surface area contributed by atoms with Crippen LogP contribution in [-0.2, 0) is 9.63 Å². The third-order valence-corrected chi connectivity index (χ3v) is 1.80. The molecule has 8 heteroatoms. The van der Waals surface area contributed by atoms with E-state index in [1.165, 1.54) is 24.3 Å². The maximum Gasteiger partial charge on any atom is 0.493 e. The van der Waals surface area contributed by atoms with E-state index in [0.29, 0.717) is 0 Å². The highest BCUT2D eigenvalue weighted by Gasteiger charge is 2.43. The van der Waals surface area contributed by atoms with Gasteiger partial charge < -0.3 is 4.84 Å². The van der Waals surface area contributed by atoms with Gasteiger partial charge in [-0.05, 0) is 12.1 Å². The van der Waals surface area contributed by atoms with Crippen molar-refractivity contribution in [3.05, 3.63) is 35.9 Å². The molecule has 0 aliphatic carbocycles. The molecule has 0 spiro atoms. The summed E-state index contributed by atoms with van der Waals surface area (Å²) in [4.78, 5) is 25.4. The summed E-state index contributed by atoms with van der Waals surface area (Å²) >= 11 is 5.11. The molecule has 0 N–H and O–H groups in total. The minimum absolute atomic E-state index is 0.0162. The van der Waals surface area contributed by atoms with E-state index in [4.69, 9.17) is 11.8 Å². The van der Waals surface area contributed by atoms with Crippen molar-refractivity contribution in [2.45, 2.75) is 6.18 Å². The van der Waals surface area contributed by atoms with Crippen molar-refractivity contribution in [2.75, 3.05) is 0 Å². The lowest BCUT2D eigenvalue weighted by atomic mass is 10.2. The zero-order valence-corrected chi connectivity index (χ0v) is 8.83. The number of hydrogen-bond donors (Lipinski definition) is 0. The smallest absolute Gasteiger partial charge is 0.313 e. The number of halogens is 4. The van der Waals surface area contributed by atoms with Gasteiger partial charge in [0.05, 0.1) is 11.8 Å². The fraction of sp³-hybridized carbons (Fsp3) is 0.111. The van der Waals surface area contributed by atoms with Crippen molar-refractivity contribution < 1.29 is 27.6 Å². The van der Waals surface area contributed by atoms with Crippen molar-refractivity contribution in [2.24, 2.45) is 0 Å². The molecular formula is C9H5ClF3NO3. The molecule has 1 rings (SSSR count). The Morgan fingerprint density at radius 2 is 1.71 bits per heavy atom. The molecule has 0 aliphatic heterocycles. The molecule has 0 heterocycles. The summed E-state index contributed by atoms with van der Waals surface area (Å²) < 4.78 is 35.1. The van der Waals surface area contributed by atoms with Gasteiger partial charge in [0, 0.05) is 5.56 Å². The fourth-order valence-electron chi connectivity index (χ4n) is 0.848. The second kappa shape index (κ2) is 5.05. The predicted octanol–water partition coefficient (Wildman–Crippen LogP) is 2.30. The summed E-state index contributed by atoms with van der Waals surface area (Å²) in [5.41, 5.74) is -0.0162. The lowest BCUT2D eigenvalue weighted by molar-refractivity contribution is -0.217. The Balaban J connectivity index is 2.69. The average molecular weight is 268 g/mol. The second-order valence-electron chi connectivity index (χ2n) is 2.79. The van der Waals surface area contributed by atoms with Crippen molar-refractivity contribution in [1.29, 1.82) is 0 Å². The number of hydrogen-bond acceptors (Lipinski definition) is 3. The maximum atomic E-state index is 11.8. The molecule has 1 aromatic carbocycles. The van der Waals surface area contributed by atoms with Crippen LogP contribution in [0.3, 0.4) is 0 Å². The molecule has 0 atom stereocenters. The van der Waals surface area contributed by atoms with E-state index >= 15 is 0 Å². The molecule has 0 fully saturated rings. The SMILES string of the molecule is O=C(c1ccccc1)N(Cl)OC(=O)C(F)(F)F.